The smallest absolute Gasteiger partial charge is 0.259 e. The van der Waals surface area contributed by atoms with Crippen molar-refractivity contribution in [2.75, 3.05) is 4.90 Å². The van der Waals surface area contributed by atoms with Gasteiger partial charge in [-0.1, -0.05) is 167 Å². The molecule has 0 radical (unpaired) electrons. The van der Waals surface area contributed by atoms with Gasteiger partial charge in [0.1, 0.15) is 0 Å². The van der Waals surface area contributed by atoms with E-state index in [9.17, 15) is 6.85 Å². The maximum atomic E-state index is 9.63. The van der Waals surface area contributed by atoms with Crippen molar-refractivity contribution in [1.82, 2.24) is 4.90 Å². The Kier molecular flexibility index (Phi) is 8.16. The van der Waals surface area contributed by atoms with Gasteiger partial charge in [-0.15, -0.1) is 11.3 Å². The van der Waals surface area contributed by atoms with Crippen LogP contribution in [0.4, 0.5) is 11.4 Å². The number of thiophene rings is 1. The highest BCUT2D eigenvalue weighted by Gasteiger charge is 2.53. The highest BCUT2D eigenvalue weighted by Crippen LogP contribution is 2.57. The summed E-state index contributed by atoms with van der Waals surface area (Å²) < 4.78 is 102. The van der Waals surface area contributed by atoms with Gasteiger partial charge in [-0.05, 0) is 167 Å². The normalized spacial score (nSPS) is 30.9. The second-order valence-electron chi connectivity index (χ2n) is 24.6. The fraction of sp³-hybridized carbons (Fsp3) is 0.469. The summed E-state index contributed by atoms with van der Waals surface area (Å²) in [5, 5.41) is 1.17. The van der Waals surface area contributed by atoms with Crippen molar-refractivity contribution >= 4 is 44.3 Å². The van der Waals surface area contributed by atoms with Crippen molar-refractivity contribution < 1.29 is 15.1 Å². The number of anilines is 2. The summed E-state index contributed by atoms with van der Waals surface area (Å²) in [4.78, 5) is 4.83. The Morgan fingerprint density at radius 3 is 2.24 bits per heavy atom. The second-order valence-corrected chi connectivity index (χ2v) is 25.7. The zero-order chi connectivity index (χ0) is 57.3. The van der Waals surface area contributed by atoms with E-state index in [0.717, 1.165) is 63.3 Å². The Morgan fingerprint density at radius 1 is 0.794 bits per heavy atom. The molecule has 5 atom stereocenters. The molecule has 68 heavy (non-hydrogen) atoms. The number of nitrogens with zero attached hydrogens (tertiary/aromatic N) is 2. The minimum Gasteiger partial charge on any atom is -0.338 e. The van der Waals surface area contributed by atoms with Gasteiger partial charge in [0.05, 0.1) is 24.6 Å². The van der Waals surface area contributed by atoms with Crippen molar-refractivity contribution in [2.45, 2.75) is 182 Å². The molecule has 0 bridgehead atoms. The second kappa shape index (κ2) is 16.0. The third-order valence-electron chi connectivity index (χ3n) is 17.0. The molecule has 3 heterocycles. The lowest BCUT2D eigenvalue weighted by Gasteiger charge is -2.53. The molecule has 6 aliphatic carbocycles. The fourth-order valence-electron chi connectivity index (χ4n) is 12.7. The monoisotopic (exact) mass is 928 g/mol. The van der Waals surface area contributed by atoms with Crippen molar-refractivity contribution in [3.63, 3.8) is 0 Å². The van der Waals surface area contributed by atoms with Crippen LogP contribution in [0, 0.1) is 10.8 Å². The Balaban J connectivity index is 1.26. The van der Waals surface area contributed by atoms with E-state index in [1.165, 1.54) is 31.6 Å². The molecule has 0 saturated carbocycles. The Hall–Kier alpha value is -4.54. The van der Waals surface area contributed by atoms with E-state index < -0.39 is 43.5 Å². The molecule has 3 aromatic rings. The van der Waals surface area contributed by atoms with Crippen molar-refractivity contribution in [3.8, 4) is 0 Å². The first kappa shape index (κ1) is 34.7. The number of hydrogen-bond acceptors (Lipinski definition) is 3. The molecule has 2 aromatic carbocycles. The highest BCUT2D eigenvalue weighted by molar-refractivity contribution is 7.32. The van der Waals surface area contributed by atoms with Crippen molar-refractivity contribution in [1.29, 1.82) is 0 Å². The average Bonchev–Trinajstić information content (AvgIpc) is 3.25. The van der Waals surface area contributed by atoms with Gasteiger partial charge in [-0.3, -0.25) is 0 Å². The minimum absolute atomic E-state index is 0.0329. The summed E-state index contributed by atoms with van der Waals surface area (Å²) in [5.41, 5.74) is 13.3. The van der Waals surface area contributed by atoms with Gasteiger partial charge < -0.3 is 9.80 Å². The SMILES string of the molecule is [2H]C1=C([2H])C([2H])CC(C(C)(C)C2=CC3=C(CC2)N(C2CC=C(C(C)(C)C)C=C2C2=C([2H])C([2H])=C([2H])C([2H])C2[2H])C2=C4B3c3sc5cc6c(cc5c3N(c3ccc(C(C)(C)C)cc3)C4CC(C([2H])([2H])[2H])=C2)C(C)(C)CCC6(C)C)=C1. The zero-order valence-corrected chi connectivity index (χ0v) is 43.4. The van der Waals surface area contributed by atoms with Crippen LogP contribution < -0.4 is 9.68 Å². The van der Waals surface area contributed by atoms with Crippen LogP contribution in [-0.2, 0) is 16.2 Å². The first-order chi connectivity index (χ1) is 36.6. The van der Waals surface area contributed by atoms with E-state index in [2.05, 4.69) is 148 Å². The van der Waals surface area contributed by atoms with Gasteiger partial charge in [0, 0.05) is 45.6 Å². The van der Waals surface area contributed by atoms with Crippen LogP contribution in [0.5, 0.6) is 0 Å². The molecule has 8 aliphatic rings. The third kappa shape index (κ3) is 7.38. The summed E-state index contributed by atoms with van der Waals surface area (Å²) >= 11 is 1.85. The molecule has 0 fully saturated rings. The first-order valence-corrected chi connectivity index (χ1v) is 26.1. The highest BCUT2D eigenvalue weighted by atomic mass is 32.1. The first-order valence-electron chi connectivity index (χ1n) is 31.0. The third-order valence-corrected chi connectivity index (χ3v) is 18.2. The quantitative estimate of drug-likeness (QED) is 0.235. The topological polar surface area (TPSA) is 6.48 Å². The lowest BCUT2D eigenvalue weighted by Crippen LogP contribution is -2.57. The van der Waals surface area contributed by atoms with E-state index in [4.69, 9.17) is 8.22 Å². The number of fused-ring (bicyclic) bond motifs is 6. The zero-order valence-electron chi connectivity index (χ0n) is 53.6. The predicted molar refractivity (Wildman–Crippen MR) is 296 cm³/mol. The van der Waals surface area contributed by atoms with Crippen LogP contribution in [0.15, 0.2) is 153 Å². The van der Waals surface area contributed by atoms with Crippen LogP contribution in [0.3, 0.4) is 0 Å². The summed E-state index contributed by atoms with van der Waals surface area (Å²) in [6.07, 6.45) is 11.4. The molecule has 2 nitrogen and oxygen atoms in total. The minimum atomic E-state index is -2.45. The standard InChI is InChI=1S/C64H77BN2S/c1-40-34-54-57-55(35-40)67(52-30-26-44(61(5,6)7)36-47(52)41-20-16-14-17-21-41)53-31-27-45(64(12,13)43-22-18-15-19-23-43)37-51(53)65(57)59-58(66(54)46-28-24-42(25-29-46)60(2,3)4)48-38-49-50(39-56(48)68-59)63(10,11)33-32-62(49,8)9/h14-16,18,20,22,24-26,28-29,35-39,52,54H,17,19,21,23,27,30-34H2,1-13H3/i1D3,14D,15D,16D,17D,18D,19D,20D,21D. The van der Waals surface area contributed by atoms with E-state index in [0.29, 0.717) is 36.8 Å². The van der Waals surface area contributed by atoms with Crippen LogP contribution in [0.1, 0.15) is 186 Å². The van der Waals surface area contributed by atoms with E-state index in [-0.39, 0.29) is 70.6 Å². The molecule has 0 N–H and O–H groups in total. The van der Waals surface area contributed by atoms with Crippen molar-refractivity contribution in [3.05, 3.63) is 170 Å². The van der Waals surface area contributed by atoms with Gasteiger partial charge in [0.15, 0.2) is 0 Å². The number of benzene rings is 2. The van der Waals surface area contributed by atoms with Crippen LogP contribution in [0.2, 0.25) is 0 Å². The lowest BCUT2D eigenvalue weighted by atomic mass is 9.32. The van der Waals surface area contributed by atoms with Crippen LogP contribution in [0.25, 0.3) is 10.1 Å². The Morgan fingerprint density at radius 2 is 1.53 bits per heavy atom. The molecular weight excluding hydrogens is 840 g/mol. The summed E-state index contributed by atoms with van der Waals surface area (Å²) in [5.74, 6) is 0. The lowest BCUT2D eigenvalue weighted by molar-refractivity contribution is 0.329. The maximum absolute atomic E-state index is 9.63. The number of hydrogen-bond donors (Lipinski definition) is 0. The number of allylic oxidation sites excluding steroid dienone is 14. The molecule has 4 heteroatoms. The molecule has 0 amide bonds. The molecular formula is C64H77BN2S. The summed E-state index contributed by atoms with van der Waals surface area (Å²) in [7, 11) is 0. The maximum Gasteiger partial charge on any atom is 0.259 e. The summed E-state index contributed by atoms with van der Waals surface area (Å²) in [6.45, 7) is 24.2. The van der Waals surface area contributed by atoms with E-state index in [1.807, 2.05) is 23.5 Å². The molecule has 5 unspecified atom stereocenters. The molecule has 11 rings (SSSR count). The van der Waals surface area contributed by atoms with Gasteiger partial charge in [0.2, 0.25) is 0 Å². The van der Waals surface area contributed by atoms with E-state index in [1.54, 1.807) is 0 Å². The van der Waals surface area contributed by atoms with Gasteiger partial charge in [-0.2, -0.15) is 0 Å². The van der Waals surface area contributed by atoms with Gasteiger partial charge in [-0.25, -0.2) is 0 Å². The van der Waals surface area contributed by atoms with E-state index >= 15 is 0 Å². The van der Waals surface area contributed by atoms with Crippen LogP contribution >= 0.6 is 11.3 Å². The van der Waals surface area contributed by atoms with Gasteiger partial charge >= 0.3 is 0 Å². The molecule has 0 spiro atoms. The Labute approximate surface area is 430 Å². The summed E-state index contributed by atoms with van der Waals surface area (Å²) in [6, 6.07) is 12.0. The fourth-order valence-corrected chi connectivity index (χ4v) is 14.1. The predicted octanol–water partition coefficient (Wildman–Crippen LogP) is 17.0. The van der Waals surface area contributed by atoms with Gasteiger partial charge in [0.25, 0.3) is 6.71 Å². The van der Waals surface area contributed by atoms with Crippen LogP contribution in [-0.4, -0.2) is 23.7 Å². The molecule has 2 aliphatic heterocycles. The van der Waals surface area contributed by atoms with Crippen molar-refractivity contribution in [2.24, 2.45) is 10.8 Å². The average molecular weight is 928 g/mol. The molecule has 352 valence electrons. The molecule has 0 saturated heterocycles. The largest absolute Gasteiger partial charge is 0.338 e. The Bertz CT molecular complexity index is 3480. The molecule has 1 aromatic heterocycles. The number of rotatable bonds is 5.